The van der Waals surface area contributed by atoms with Crippen LogP contribution in [0.3, 0.4) is 0 Å². The molecule has 0 radical (unpaired) electrons. The Bertz CT molecular complexity index is 2080. The predicted octanol–water partition coefficient (Wildman–Crippen LogP) is 5.04. The molecular formula is C34H30BrN3O7S. The molecule has 1 atom stereocenters. The number of carbonyl (C=O) groups excluding carboxylic acids is 1. The van der Waals surface area contributed by atoms with E-state index in [0.29, 0.717) is 64.8 Å². The Balaban J connectivity index is 1.69. The molecule has 0 saturated heterocycles. The number of fused-ring (bicyclic) bond motifs is 1. The second kappa shape index (κ2) is 14.1. The molecule has 0 spiro atoms. The number of esters is 1. The second-order valence-electron chi connectivity index (χ2n) is 9.97. The standard InChI is InChI=1S/C34H30BrN3O7S/c1-6-44-33(40)29-19(2)37-34-38(30(29)23-15-26(42-4)27(43-5)16-24(23)35)32(39)28(46-34)14-20-12-9-13-25(41-3)31(20)45-18-22-11-8-7-10-21(22)17-36/h7-16,30H,6,18H2,1-5H3/b28-14-/t30-/m0/s1. The second-order valence-corrected chi connectivity index (χ2v) is 11.8. The van der Waals surface area contributed by atoms with Gasteiger partial charge in [-0.1, -0.05) is 57.6 Å². The van der Waals surface area contributed by atoms with Crippen molar-refractivity contribution < 1.29 is 28.5 Å². The van der Waals surface area contributed by atoms with Gasteiger partial charge >= 0.3 is 5.97 Å². The van der Waals surface area contributed by atoms with Gasteiger partial charge in [0.15, 0.2) is 27.8 Å². The third kappa shape index (κ3) is 6.16. The van der Waals surface area contributed by atoms with E-state index in [1.807, 2.05) is 18.2 Å². The SMILES string of the molecule is CCOC(=O)C1=C(C)N=c2s/c(=C\c3cccc(OC)c3OCc3ccccc3C#N)c(=O)n2[C@H]1c1cc(OC)c(OC)cc1Br. The summed E-state index contributed by atoms with van der Waals surface area (Å²) in [5, 5.41) is 9.52. The molecule has 10 nitrogen and oxygen atoms in total. The lowest BCUT2D eigenvalue weighted by atomic mass is 9.95. The molecule has 236 valence electrons. The van der Waals surface area contributed by atoms with E-state index in [-0.39, 0.29) is 24.3 Å². The quantitative estimate of drug-likeness (QED) is 0.211. The predicted molar refractivity (Wildman–Crippen MR) is 176 cm³/mol. The molecule has 1 aliphatic rings. The average molecular weight is 705 g/mol. The van der Waals surface area contributed by atoms with Gasteiger partial charge in [-0.15, -0.1) is 0 Å². The number of allylic oxidation sites excluding steroid dienone is 1. The molecule has 0 fully saturated rings. The molecule has 0 bridgehead atoms. The van der Waals surface area contributed by atoms with Crippen molar-refractivity contribution >= 4 is 39.3 Å². The largest absolute Gasteiger partial charge is 0.493 e. The fourth-order valence-electron chi connectivity index (χ4n) is 5.17. The number of nitrogens with zero attached hydrogens (tertiary/aromatic N) is 3. The van der Waals surface area contributed by atoms with Gasteiger partial charge in [-0.2, -0.15) is 5.26 Å². The zero-order valence-electron chi connectivity index (χ0n) is 25.8. The van der Waals surface area contributed by atoms with Crippen molar-refractivity contribution in [2.75, 3.05) is 27.9 Å². The molecule has 4 aromatic rings. The minimum absolute atomic E-state index is 0.113. The van der Waals surface area contributed by atoms with Crippen molar-refractivity contribution in [1.29, 1.82) is 5.26 Å². The summed E-state index contributed by atoms with van der Waals surface area (Å²) >= 11 is 4.80. The molecule has 1 aliphatic heterocycles. The molecular weight excluding hydrogens is 674 g/mol. The van der Waals surface area contributed by atoms with E-state index < -0.39 is 12.0 Å². The number of nitriles is 1. The molecule has 3 aromatic carbocycles. The Morgan fingerprint density at radius 3 is 2.48 bits per heavy atom. The molecule has 0 unspecified atom stereocenters. The molecule has 2 heterocycles. The van der Waals surface area contributed by atoms with Crippen LogP contribution in [0.15, 0.2) is 80.1 Å². The number of para-hydroxylation sites is 1. The Kier molecular flexibility index (Phi) is 9.94. The normalized spacial score (nSPS) is 14.2. The first kappa shape index (κ1) is 32.5. The van der Waals surface area contributed by atoms with E-state index in [1.54, 1.807) is 56.3 Å². The number of rotatable bonds is 10. The van der Waals surface area contributed by atoms with Crippen LogP contribution in [0.4, 0.5) is 0 Å². The van der Waals surface area contributed by atoms with Crippen LogP contribution in [0.25, 0.3) is 6.08 Å². The Labute approximate surface area is 277 Å². The average Bonchev–Trinajstić information content (AvgIpc) is 3.36. The topological polar surface area (TPSA) is 121 Å². The number of benzene rings is 3. The van der Waals surface area contributed by atoms with E-state index >= 15 is 0 Å². The molecule has 0 N–H and O–H groups in total. The van der Waals surface area contributed by atoms with Crippen LogP contribution in [0, 0.1) is 11.3 Å². The van der Waals surface area contributed by atoms with Gasteiger partial charge in [0.1, 0.15) is 6.61 Å². The monoisotopic (exact) mass is 703 g/mol. The van der Waals surface area contributed by atoms with Crippen molar-refractivity contribution in [3.05, 3.63) is 112 Å². The van der Waals surface area contributed by atoms with Gasteiger partial charge in [0.05, 0.1) is 61.4 Å². The van der Waals surface area contributed by atoms with Gasteiger partial charge in [-0.25, -0.2) is 9.79 Å². The van der Waals surface area contributed by atoms with Gasteiger partial charge in [0, 0.05) is 15.6 Å². The number of hydrogen-bond acceptors (Lipinski definition) is 10. The summed E-state index contributed by atoms with van der Waals surface area (Å²) in [5.41, 5.74) is 2.68. The summed E-state index contributed by atoms with van der Waals surface area (Å²) in [6, 6.07) is 17.3. The van der Waals surface area contributed by atoms with Gasteiger partial charge < -0.3 is 23.7 Å². The first-order valence-corrected chi connectivity index (χ1v) is 15.8. The fourth-order valence-corrected chi connectivity index (χ4v) is 6.75. The van der Waals surface area contributed by atoms with E-state index in [1.165, 1.54) is 37.2 Å². The van der Waals surface area contributed by atoms with Crippen molar-refractivity contribution in [3.8, 4) is 29.1 Å². The minimum Gasteiger partial charge on any atom is -0.493 e. The summed E-state index contributed by atoms with van der Waals surface area (Å²) in [6.07, 6.45) is 1.71. The summed E-state index contributed by atoms with van der Waals surface area (Å²) in [5.74, 6) is 1.20. The number of halogens is 1. The minimum atomic E-state index is -0.879. The van der Waals surface area contributed by atoms with Crippen molar-refractivity contribution in [1.82, 2.24) is 4.57 Å². The lowest BCUT2D eigenvalue weighted by Gasteiger charge is -2.26. The van der Waals surface area contributed by atoms with E-state index in [0.717, 1.165) is 0 Å². The number of carbonyl (C=O) groups is 1. The van der Waals surface area contributed by atoms with Crippen LogP contribution in [-0.2, 0) is 16.1 Å². The molecule has 46 heavy (non-hydrogen) atoms. The Hall–Kier alpha value is -4.86. The molecule has 0 aliphatic carbocycles. The third-order valence-electron chi connectivity index (χ3n) is 7.34. The molecule has 0 amide bonds. The van der Waals surface area contributed by atoms with Crippen LogP contribution < -0.4 is 33.8 Å². The molecule has 0 saturated carbocycles. The van der Waals surface area contributed by atoms with Gasteiger partial charge in [-0.05, 0) is 49.8 Å². The Morgan fingerprint density at radius 2 is 1.78 bits per heavy atom. The first-order chi connectivity index (χ1) is 22.3. The maximum atomic E-state index is 14.3. The summed E-state index contributed by atoms with van der Waals surface area (Å²) < 4.78 is 30.7. The number of methoxy groups -OCH3 is 3. The van der Waals surface area contributed by atoms with Crippen molar-refractivity contribution in [2.45, 2.75) is 26.5 Å². The lowest BCUT2D eigenvalue weighted by molar-refractivity contribution is -0.139. The molecule has 1 aromatic heterocycles. The number of aromatic nitrogens is 1. The highest BCUT2D eigenvalue weighted by atomic mass is 79.9. The van der Waals surface area contributed by atoms with Crippen LogP contribution in [-0.4, -0.2) is 38.5 Å². The maximum absolute atomic E-state index is 14.3. The third-order valence-corrected chi connectivity index (χ3v) is 9.01. The van der Waals surface area contributed by atoms with E-state index in [2.05, 4.69) is 27.0 Å². The van der Waals surface area contributed by atoms with Crippen molar-refractivity contribution in [3.63, 3.8) is 0 Å². The lowest BCUT2D eigenvalue weighted by Crippen LogP contribution is -2.40. The molecule has 12 heteroatoms. The van der Waals surface area contributed by atoms with Crippen LogP contribution >= 0.6 is 27.3 Å². The summed E-state index contributed by atoms with van der Waals surface area (Å²) in [7, 11) is 4.57. The smallest absolute Gasteiger partial charge is 0.338 e. The van der Waals surface area contributed by atoms with Gasteiger partial charge in [0.2, 0.25) is 0 Å². The highest BCUT2D eigenvalue weighted by Gasteiger charge is 2.35. The highest BCUT2D eigenvalue weighted by Crippen LogP contribution is 2.41. The summed E-state index contributed by atoms with van der Waals surface area (Å²) in [6.45, 7) is 3.70. The van der Waals surface area contributed by atoms with Crippen molar-refractivity contribution in [2.24, 2.45) is 4.99 Å². The molecule has 5 rings (SSSR count). The first-order valence-electron chi connectivity index (χ1n) is 14.1. The number of thiazole rings is 1. The zero-order valence-corrected chi connectivity index (χ0v) is 28.2. The zero-order chi connectivity index (χ0) is 33.0. The Morgan fingerprint density at radius 1 is 1.07 bits per heavy atom. The number of ether oxygens (including phenoxy) is 5. The fraction of sp³-hybridized carbons (Fsp3) is 0.235. The summed E-state index contributed by atoms with van der Waals surface area (Å²) in [4.78, 5) is 32.7. The number of hydrogen-bond donors (Lipinski definition) is 0. The van der Waals surface area contributed by atoms with Crippen LogP contribution in [0.5, 0.6) is 23.0 Å². The van der Waals surface area contributed by atoms with E-state index in [4.69, 9.17) is 23.7 Å². The highest BCUT2D eigenvalue weighted by molar-refractivity contribution is 9.10. The van der Waals surface area contributed by atoms with Crippen LogP contribution in [0.1, 0.15) is 42.1 Å². The van der Waals surface area contributed by atoms with Crippen LogP contribution in [0.2, 0.25) is 0 Å². The van der Waals surface area contributed by atoms with Gasteiger partial charge in [0.25, 0.3) is 5.56 Å². The van der Waals surface area contributed by atoms with E-state index in [9.17, 15) is 14.9 Å². The van der Waals surface area contributed by atoms with Gasteiger partial charge in [-0.3, -0.25) is 9.36 Å². The maximum Gasteiger partial charge on any atom is 0.338 e.